The zero-order chi connectivity index (χ0) is 6.97. The summed E-state index contributed by atoms with van der Waals surface area (Å²) in [7, 11) is 0. The molecule has 2 aliphatic carbocycles. The first-order chi connectivity index (χ1) is 4.90. The highest BCUT2D eigenvalue weighted by Crippen LogP contribution is 2.40. The number of hydrogen-bond acceptors (Lipinski definition) is 2. The molecule has 0 aromatic heterocycles. The summed E-state index contributed by atoms with van der Waals surface area (Å²) in [6.07, 6.45) is 6.82. The van der Waals surface area contributed by atoms with E-state index >= 15 is 0 Å². The van der Waals surface area contributed by atoms with Crippen LogP contribution in [0.15, 0.2) is 12.2 Å². The maximum absolute atomic E-state index is 9.99. The lowest BCUT2D eigenvalue weighted by molar-refractivity contribution is -0.134. The van der Waals surface area contributed by atoms with Crippen LogP contribution in [0, 0.1) is 11.8 Å². The van der Waals surface area contributed by atoms with E-state index < -0.39 is 0 Å². The Morgan fingerprint density at radius 3 is 2.80 bits per heavy atom. The summed E-state index contributed by atoms with van der Waals surface area (Å²) in [5.74, 6) is 1.21. The fraction of sp³-hybridized carbons (Fsp3) is 0.625. The standard InChI is InChI=1S/C8H10O2/c9-5-10-8-4-6-1-2-7(8)3-6/h1-2,5-8H,3-4H2. The fourth-order valence-corrected chi connectivity index (χ4v) is 1.96. The van der Waals surface area contributed by atoms with Gasteiger partial charge in [-0.2, -0.15) is 0 Å². The monoisotopic (exact) mass is 138 g/mol. The molecule has 0 amide bonds. The molecule has 0 spiro atoms. The first-order valence-corrected chi connectivity index (χ1v) is 3.67. The van der Waals surface area contributed by atoms with Gasteiger partial charge in [0, 0.05) is 5.92 Å². The van der Waals surface area contributed by atoms with Gasteiger partial charge >= 0.3 is 0 Å². The van der Waals surface area contributed by atoms with Crippen LogP contribution in [0.5, 0.6) is 0 Å². The van der Waals surface area contributed by atoms with Crippen molar-refractivity contribution in [3.05, 3.63) is 12.2 Å². The van der Waals surface area contributed by atoms with Gasteiger partial charge in [0.15, 0.2) is 0 Å². The van der Waals surface area contributed by atoms with E-state index in [4.69, 9.17) is 4.74 Å². The Hall–Kier alpha value is -0.790. The van der Waals surface area contributed by atoms with Crippen LogP contribution >= 0.6 is 0 Å². The topological polar surface area (TPSA) is 26.3 Å². The van der Waals surface area contributed by atoms with E-state index in [0.29, 0.717) is 18.3 Å². The number of carbonyl (C=O) groups excluding carboxylic acids is 1. The first kappa shape index (κ1) is 5.96. The van der Waals surface area contributed by atoms with E-state index in [1.54, 1.807) is 0 Å². The van der Waals surface area contributed by atoms with Crippen LogP contribution in [0.1, 0.15) is 12.8 Å². The SMILES string of the molecule is O=COC1CC2C=CC1C2. The molecule has 2 bridgehead atoms. The Morgan fingerprint density at radius 1 is 1.40 bits per heavy atom. The molecule has 1 saturated carbocycles. The van der Waals surface area contributed by atoms with Crippen molar-refractivity contribution in [2.24, 2.45) is 11.8 Å². The van der Waals surface area contributed by atoms with Crippen molar-refractivity contribution in [1.29, 1.82) is 0 Å². The molecule has 0 saturated heterocycles. The number of hydrogen-bond donors (Lipinski definition) is 0. The Balaban J connectivity index is 2.02. The summed E-state index contributed by atoms with van der Waals surface area (Å²) in [4.78, 5) is 9.99. The van der Waals surface area contributed by atoms with Gasteiger partial charge < -0.3 is 4.74 Å². The van der Waals surface area contributed by atoms with Crippen molar-refractivity contribution < 1.29 is 9.53 Å². The molecular weight excluding hydrogens is 128 g/mol. The first-order valence-electron chi connectivity index (χ1n) is 3.67. The average Bonchev–Trinajstić information content (AvgIpc) is 2.48. The minimum Gasteiger partial charge on any atom is -0.464 e. The fourth-order valence-electron chi connectivity index (χ4n) is 1.96. The number of rotatable bonds is 2. The van der Waals surface area contributed by atoms with Crippen molar-refractivity contribution in [3.8, 4) is 0 Å². The van der Waals surface area contributed by atoms with Crippen LogP contribution in [-0.4, -0.2) is 12.6 Å². The summed E-state index contributed by atoms with van der Waals surface area (Å²) in [6, 6.07) is 0. The lowest BCUT2D eigenvalue weighted by Gasteiger charge is -2.14. The van der Waals surface area contributed by atoms with Crippen molar-refractivity contribution in [2.45, 2.75) is 18.9 Å². The summed E-state index contributed by atoms with van der Waals surface area (Å²) in [5.41, 5.74) is 0. The van der Waals surface area contributed by atoms with Crippen molar-refractivity contribution in [3.63, 3.8) is 0 Å². The van der Waals surface area contributed by atoms with E-state index in [-0.39, 0.29) is 6.10 Å². The Kier molecular flexibility index (Phi) is 1.26. The molecule has 2 heteroatoms. The molecular formula is C8H10O2. The van der Waals surface area contributed by atoms with Gasteiger partial charge in [-0.25, -0.2) is 0 Å². The van der Waals surface area contributed by atoms with Gasteiger partial charge in [0.25, 0.3) is 6.47 Å². The van der Waals surface area contributed by atoms with Crippen molar-refractivity contribution in [1.82, 2.24) is 0 Å². The van der Waals surface area contributed by atoms with E-state index in [9.17, 15) is 4.79 Å². The van der Waals surface area contributed by atoms with E-state index in [0.717, 1.165) is 6.42 Å². The quantitative estimate of drug-likeness (QED) is 0.422. The Labute approximate surface area is 59.9 Å². The van der Waals surface area contributed by atoms with Crippen LogP contribution in [0.25, 0.3) is 0 Å². The maximum atomic E-state index is 9.99. The minimum absolute atomic E-state index is 0.187. The average molecular weight is 138 g/mol. The van der Waals surface area contributed by atoms with E-state index in [1.165, 1.54) is 6.42 Å². The third-order valence-corrected chi connectivity index (χ3v) is 2.45. The molecule has 3 atom stereocenters. The predicted octanol–water partition coefficient (Wildman–Crippen LogP) is 1.12. The van der Waals surface area contributed by atoms with Crippen molar-refractivity contribution >= 4 is 6.47 Å². The Bertz CT molecular complexity index is 174. The van der Waals surface area contributed by atoms with Crippen LogP contribution in [-0.2, 0) is 9.53 Å². The van der Waals surface area contributed by atoms with E-state index in [1.807, 2.05) is 0 Å². The largest absolute Gasteiger partial charge is 0.464 e. The summed E-state index contributed by atoms with van der Waals surface area (Å²) in [5, 5.41) is 0. The van der Waals surface area contributed by atoms with Crippen LogP contribution in [0.3, 0.4) is 0 Å². The molecule has 54 valence electrons. The number of allylic oxidation sites excluding steroid dienone is 1. The van der Waals surface area contributed by atoms with Gasteiger partial charge in [-0.05, 0) is 18.8 Å². The van der Waals surface area contributed by atoms with Gasteiger partial charge in [0.2, 0.25) is 0 Å². The third-order valence-electron chi connectivity index (χ3n) is 2.45. The van der Waals surface area contributed by atoms with Gasteiger partial charge in [-0.15, -0.1) is 0 Å². The molecule has 1 fully saturated rings. The normalized spacial score (nSPS) is 42.2. The summed E-state index contributed by atoms with van der Waals surface area (Å²) in [6.45, 7) is 0.569. The molecule has 0 aliphatic heterocycles. The lowest BCUT2D eigenvalue weighted by atomic mass is 10.1. The molecule has 0 N–H and O–H groups in total. The predicted molar refractivity (Wildman–Crippen MR) is 36.3 cm³/mol. The second kappa shape index (κ2) is 2.11. The summed E-state index contributed by atoms with van der Waals surface area (Å²) >= 11 is 0. The Morgan fingerprint density at radius 2 is 2.30 bits per heavy atom. The summed E-state index contributed by atoms with van der Waals surface area (Å²) < 4.78 is 4.90. The molecule has 2 aliphatic rings. The zero-order valence-electron chi connectivity index (χ0n) is 5.69. The molecule has 0 radical (unpaired) electrons. The smallest absolute Gasteiger partial charge is 0.293 e. The lowest BCUT2D eigenvalue weighted by Crippen LogP contribution is -2.16. The molecule has 0 heterocycles. The van der Waals surface area contributed by atoms with Crippen LogP contribution < -0.4 is 0 Å². The highest BCUT2D eigenvalue weighted by atomic mass is 16.5. The second-order valence-corrected chi connectivity index (χ2v) is 3.05. The molecule has 2 rings (SSSR count). The van der Waals surface area contributed by atoms with Crippen LogP contribution in [0.2, 0.25) is 0 Å². The number of carbonyl (C=O) groups is 1. The molecule has 2 nitrogen and oxygen atoms in total. The number of ether oxygens (including phenoxy) is 1. The van der Waals surface area contributed by atoms with Gasteiger partial charge in [0.05, 0.1) is 0 Å². The van der Waals surface area contributed by atoms with Gasteiger partial charge in [-0.3, -0.25) is 4.79 Å². The zero-order valence-corrected chi connectivity index (χ0v) is 5.69. The van der Waals surface area contributed by atoms with Gasteiger partial charge in [-0.1, -0.05) is 12.2 Å². The second-order valence-electron chi connectivity index (χ2n) is 3.05. The highest BCUT2D eigenvalue weighted by Gasteiger charge is 2.36. The molecule has 3 unspecified atom stereocenters. The third kappa shape index (κ3) is 0.753. The number of fused-ring (bicyclic) bond motifs is 2. The van der Waals surface area contributed by atoms with Crippen molar-refractivity contribution in [2.75, 3.05) is 0 Å². The molecule has 0 aromatic carbocycles. The minimum atomic E-state index is 0.187. The maximum Gasteiger partial charge on any atom is 0.293 e. The highest BCUT2D eigenvalue weighted by molar-refractivity contribution is 5.38. The molecule has 0 aromatic rings. The van der Waals surface area contributed by atoms with Gasteiger partial charge in [0.1, 0.15) is 6.10 Å². The van der Waals surface area contributed by atoms with Crippen LogP contribution in [0.4, 0.5) is 0 Å². The molecule has 10 heavy (non-hydrogen) atoms. The van der Waals surface area contributed by atoms with E-state index in [2.05, 4.69) is 12.2 Å².